The van der Waals surface area contributed by atoms with Gasteiger partial charge in [0.25, 0.3) is 0 Å². The minimum Gasteiger partial charge on any atom is -0.378 e. The van der Waals surface area contributed by atoms with Crippen molar-refractivity contribution in [1.29, 1.82) is 0 Å². The maximum Gasteiger partial charge on any atom is 0.164 e. The molecule has 0 saturated heterocycles. The number of rotatable bonds is 12. The Labute approximate surface area is 131 Å². The molecule has 0 amide bonds. The summed E-state index contributed by atoms with van der Waals surface area (Å²) in [6.45, 7) is 17.3. The van der Waals surface area contributed by atoms with Gasteiger partial charge < -0.3 is 14.8 Å². The van der Waals surface area contributed by atoms with E-state index < -0.39 is 0 Å². The fourth-order valence-corrected chi connectivity index (χ4v) is 1.48. The summed E-state index contributed by atoms with van der Waals surface area (Å²) in [7, 11) is 0. The highest BCUT2D eigenvalue weighted by molar-refractivity contribution is 5.85. The molecular formula is C17H35NO3. The minimum absolute atomic E-state index is 0.156. The molecule has 0 radical (unpaired) electrons. The monoisotopic (exact) mass is 301 g/mol. The van der Waals surface area contributed by atoms with Crippen LogP contribution in [0.4, 0.5) is 0 Å². The van der Waals surface area contributed by atoms with Crippen LogP contribution in [0.3, 0.4) is 0 Å². The summed E-state index contributed by atoms with van der Waals surface area (Å²) >= 11 is 0. The Kier molecular flexibility index (Phi) is 9.34. The lowest BCUT2D eigenvalue weighted by Crippen LogP contribution is -2.40. The zero-order valence-electron chi connectivity index (χ0n) is 15.0. The van der Waals surface area contributed by atoms with Gasteiger partial charge in [0.1, 0.15) is 6.61 Å². The number of hydrogen-bond donors (Lipinski definition) is 1. The number of Topliss-reactive ketones (excluding diaryl/α,β-unsaturated/α-hetero) is 1. The van der Waals surface area contributed by atoms with Crippen molar-refractivity contribution in [3.8, 4) is 0 Å². The molecule has 0 aliphatic rings. The van der Waals surface area contributed by atoms with Gasteiger partial charge in [-0.15, -0.1) is 0 Å². The van der Waals surface area contributed by atoms with Crippen LogP contribution >= 0.6 is 0 Å². The second kappa shape index (κ2) is 9.54. The van der Waals surface area contributed by atoms with Gasteiger partial charge in [0.2, 0.25) is 0 Å². The minimum atomic E-state index is -0.323. The molecule has 0 aromatic rings. The van der Waals surface area contributed by atoms with Crippen molar-refractivity contribution in [3.05, 3.63) is 0 Å². The summed E-state index contributed by atoms with van der Waals surface area (Å²) in [6.07, 6.45) is 1.09. The predicted molar refractivity (Wildman–Crippen MR) is 87.6 cm³/mol. The average molecular weight is 301 g/mol. The lowest BCUT2D eigenvalue weighted by Gasteiger charge is -2.27. The number of ether oxygens (including phenoxy) is 2. The molecule has 0 rings (SSSR count). The summed E-state index contributed by atoms with van der Waals surface area (Å²) < 4.78 is 10.9. The molecule has 0 aliphatic carbocycles. The van der Waals surface area contributed by atoms with Gasteiger partial charge in [0.15, 0.2) is 5.78 Å². The Morgan fingerprint density at radius 1 is 1.05 bits per heavy atom. The maximum atomic E-state index is 12.0. The molecule has 0 atom stereocenters. The molecule has 4 nitrogen and oxygen atoms in total. The highest BCUT2D eigenvalue weighted by Crippen LogP contribution is 2.26. The molecule has 21 heavy (non-hydrogen) atoms. The molecule has 0 heterocycles. The summed E-state index contributed by atoms with van der Waals surface area (Å²) in [5.41, 5.74) is -0.161. The van der Waals surface area contributed by atoms with E-state index in [9.17, 15) is 4.79 Å². The second-order valence-corrected chi connectivity index (χ2v) is 7.13. The first-order valence-corrected chi connectivity index (χ1v) is 8.07. The third-order valence-electron chi connectivity index (χ3n) is 4.50. The fraction of sp³-hybridized carbons (Fsp3) is 0.941. The standard InChI is InChI=1S/C17H35NO3/c1-8-16(4,5)18-9-10-20-11-12-21-13-15(19)17(6,7)14(2)3/h14,18H,8-13H2,1-7H3. The van der Waals surface area contributed by atoms with E-state index in [0.717, 1.165) is 13.0 Å². The lowest BCUT2D eigenvalue weighted by molar-refractivity contribution is -0.134. The van der Waals surface area contributed by atoms with E-state index in [2.05, 4.69) is 39.9 Å². The molecule has 1 N–H and O–H groups in total. The summed E-state index contributed by atoms with van der Waals surface area (Å²) in [6, 6.07) is 0. The van der Waals surface area contributed by atoms with Gasteiger partial charge >= 0.3 is 0 Å². The van der Waals surface area contributed by atoms with E-state index in [1.165, 1.54) is 0 Å². The van der Waals surface area contributed by atoms with Crippen LogP contribution in [0, 0.1) is 11.3 Å². The Hall–Kier alpha value is -0.450. The van der Waals surface area contributed by atoms with Gasteiger partial charge in [0.05, 0.1) is 19.8 Å². The van der Waals surface area contributed by atoms with Crippen LogP contribution in [0.2, 0.25) is 0 Å². The first-order valence-electron chi connectivity index (χ1n) is 8.07. The third kappa shape index (κ3) is 8.54. The summed E-state index contributed by atoms with van der Waals surface area (Å²) in [4.78, 5) is 12.0. The van der Waals surface area contributed by atoms with Crippen molar-refractivity contribution in [3.63, 3.8) is 0 Å². The van der Waals surface area contributed by atoms with Crippen LogP contribution in [0.1, 0.15) is 54.9 Å². The third-order valence-corrected chi connectivity index (χ3v) is 4.50. The Morgan fingerprint density at radius 3 is 2.14 bits per heavy atom. The van der Waals surface area contributed by atoms with Crippen molar-refractivity contribution >= 4 is 5.78 Å². The SMILES string of the molecule is CCC(C)(C)NCCOCCOCC(=O)C(C)(C)C(C)C. The summed E-state index contributed by atoms with van der Waals surface area (Å²) in [5.74, 6) is 0.474. The van der Waals surface area contributed by atoms with Crippen molar-refractivity contribution in [2.24, 2.45) is 11.3 Å². The number of carbonyl (C=O) groups is 1. The molecule has 0 spiro atoms. The number of carbonyl (C=O) groups excluding carboxylic acids is 1. The van der Waals surface area contributed by atoms with E-state index in [4.69, 9.17) is 9.47 Å². The fourth-order valence-electron chi connectivity index (χ4n) is 1.48. The van der Waals surface area contributed by atoms with Crippen molar-refractivity contribution < 1.29 is 14.3 Å². The molecule has 126 valence electrons. The van der Waals surface area contributed by atoms with Gasteiger partial charge in [-0.1, -0.05) is 34.6 Å². The summed E-state index contributed by atoms with van der Waals surface area (Å²) in [5, 5.41) is 3.43. The molecule has 0 aromatic carbocycles. The van der Waals surface area contributed by atoms with Crippen LogP contribution in [0.15, 0.2) is 0 Å². The van der Waals surface area contributed by atoms with Gasteiger partial charge in [-0.2, -0.15) is 0 Å². The van der Waals surface area contributed by atoms with Crippen molar-refractivity contribution in [2.75, 3.05) is 33.0 Å². The zero-order chi connectivity index (χ0) is 16.5. The topological polar surface area (TPSA) is 47.6 Å². The molecule has 0 fully saturated rings. The molecule has 0 bridgehead atoms. The number of hydrogen-bond acceptors (Lipinski definition) is 4. The van der Waals surface area contributed by atoms with Gasteiger partial charge in [-0.3, -0.25) is 4.79 Å². The van der Waals surface area contributed by atoms with E-state index >= 15 is 0 Å². The second-order valence-electron chi connectivity index (χ2n) is 7.13. The highest BCUT2D eigenvalue weighted by atomic mass is 16.5. The van der Waals surface area contributed by atoms with Gasteiger partial charge in [-0.25, -0.2) is 0 Å². The Morgan fingerprint density at radius 2 is 1.62 bits per heavy atom. The van der Waals surface area contributed by atoms with Crippen LogP contribution in [0.5, 0.6) is 0 Å². The lowest BCUT2D eigenvalue weighted by atomic mass is 9.78. The van der Waals surface area contributed by atoms with Gasteiger partial charge in [-0.05, 0) is 26.2 Å². The quantitative estimate of drug-likeness (QED) is 0.563. The highest BCUT2D eigenvalue weighted by Gasteiger charge is 2.30. The van der Waals surface area contributed by atoms with E-state index in [1.54, 1.807) is 0 Å². The molecule has 0 unspecified atom stereocenters. The smallest absolute Gasteiger partial charge is 0.164 e. The normalized spacial score (nSPS) is 13.0. The van der Waals surface area contributed by atoms with E-state index in [1.807, 2.05) is 13.8 Å². The Bertz CT molecular complexity index is 298. The molecule has 0 saturated carbocycles. The molecule has 0 aromatic heterocycles. The van der Waals surface area contributed by atoms with Crippen molar-refractivity contribution in [1.82, 2.24) is 5.32 Å². The van der Waals surface area contributed by atoms with Crippen molar-refractivity contribution in [2.45, 2.75) is 60.4 Å². The Balaban J connectivity index is 3.60. The average Bonchev–Trinajstić information content (AvgIpc) is 2.41. The predicted octanol–water partition coefficient (Wildman–Crippen LogP) is 3.05. The maximum absolute atomic E-state index is 12.0. The molecule has 4 heteroatoms. The largest absolute Gasteiger partial charge is 0.378 e. The van der Waals surface area contributed by atoms with E-state index in [0.29, 0.717) is 25.7 Å². The number of ketones is 1. The first kappa shape index (κ1) is 20.6. The van der Waals surface area contributed by atoms with E-state index in [-0.39, 0.29) is 23.3 Å². The first-order chi connectivity index (χ1) is 9.63. The van der Waals surface area contributed by atoms with Gasteiger partial charge in [0, 0.05) is 17.5 Å². The number of nitrogens with one attached hydrogen (secondary N) is 1. The van der Waals surface area contributed by atoms with Crippen LogP contribution in [-0.4, -0.2) is 44.3 Å². The molecular weight excluding hydrogens is 266 g/mol. The van der Waals surface area contributed by atoms with Crippen LogP contribution < -0.4 is 5.32 Å². The zero-order valence-corrected chi connectivity index (χ0v) is 15.0. The van der Waals surface area contributed by atoms with Crippen LogP contribution in [-0.2, 0) is 14.3 Å². The molecule has 0 aliphatic heterocycles. The van der Waals surface area contributed by atoms with Crippen LogP contribution in [0.25, 0.3) is 0 Å².